The van der Waals surface area contributed by atoms with Gasteiger partial charge in [-0.3, -0.25) is 0 Å². The summed E-state index contributed by atoms with van der Waals surface area (Å²) in [6.07, 6.45) is 0. The molecule has 3 aromatic rings. The summed E-state index contributed by atoms with van der Waals surface area (Å²) in [5, 5.41) is 3.42. The third kappa shape index (κ3) is 4.14. The Bertz CT molecular complexity index is 892. The van der Waals surface area contributed by atoms with E-state index in [2.05, 4.69) is 40.3 Å². The molecule has 1 atom stereocenters. The average molecular weight is 410 g/mol. The van der Waals surface area contributed by atoms with Gasteiger partial charge in [0.15, 0.2) is 0 Å². The van der Waals surface area contributed by atoms with Crippen LogP contribution in [0.4, 0.5) is 5.69 Å². The molecule has 0 radical (unpaired) electrons. The summed E-state index contributed by atoms with van der Waals surface area (Å²) in [6.45, 7) is 2.07. The lowest BCUT2D eigenvalue weighted by Gasteiger charge is -2.18. The number of carbonyl (C=O) groups is 1. The fraction of sp³-hybridized carbons (Fsp3) is 0.136. The first kappa shape index (κ1) is 18.2. The van der Waals surface area contributed by atoms with Gasteiger partial charge in [-0.05, 0) is 47.9 Å². The van der Waals surface area contributed by atoms with Gasteiger partial charge in [-0.25, -0.2) is 4.79 Å². The van der Waals surface area contributed by atoms with Gasteiger partial charge in [0.1, 0.15) is 0 Å². The Morgan fingerprint density at radius 2 is 1.62 bits per heavy atom. The van der Waals surface area contributed by atoms with Crippen molar-refractivity contribution < 1.29 is 9.53 Å². The molecular formula is C22H20BrNO2. The monoisotopic (exact) mass is 409 g/mol. The molecule has 0 aliphatic heterocycles. The second-order valence-corrected chi connectivity index (χ2v) is 6.95. The molecule has 3 aromatic carbocycles. The Labute approximate surface area is 162 Å². The molecule has 0 aliphatic carbocycles. The first-order valence-electron chi connectivity index (χ1n) is 8.38. The van der Waals surface area contributed by atoms with Gasteiger partial charge < -0.3 is 10.1 Å². The molecule has 4 heteroatoms. The van der Waals surface area contributed by atoms with E-state index in [0.717, 1.165) is 26.9 Å². The van der Waals surface area contributed by atoms with Crippen LogP contribution in [0, 0.1) is 0 Å². The molecule has 1 unspecified atom stereocenters. The van der Waals surface area contributed by atoms with E-state index >= 15 is 0 Å². The molecule has 0 saturated heterocycles. The topological polar surface area (TPSA) is 38.3 Å². The first-order valence-corrected chi connectivity index (χ1v) is 9.17. The minimum atomic E-state index is -0.355. The third-order valence-corrected chi connectivity index (χ3v) is 4.80. The maximum absolute atomic E-state index is 12.3. The number of halogens is 1. The standard InChI is InChI=1S/C22H20BrNO2/c1-15(16-6-4-3-5-7-16)24-21-13-10-18(14-20(21)22(25)26-2)17-8-11-19(23)12-9-17/h3-15,24H,1-2H3. The average Bonchev–Trinajstić information content (AvgIpc) is 2.69. The van der Waals surface area contributed by atoms with Crippen molar-refractivity contribution in [1.82, 2.24) is 0 Å². The van der Waals surface area contributed by atoms with Crippen LogP contribution in [0.5, 0.6) is 0 Å². The Balaban J connectivity index is 1.94. The lowest BCUT2D eigenvalue weighted by atomic mass is 10.0. The highest BCUT2D eigenvalue weighted by molar-refractivity contribution is 9.10. The molecule has 3 rings (SSSR count). The van der Waals surface area contributed by atoms with Gasteiger partial charge in [0.05, 0.1) is 12.7 Å². The summed E-state index contributed by atoms with van der Waals surface area (Å²) in [5.41, 5.74) is 4.45. The molecule has 0 fully saturated rings. The summed E-state index contributed by atoms with van der Waals surface area (Å²) < 4.78 is 6.01. The molecule has 132 valence electrons. The molecule has 0 amide bonds. The van der Waals surface area contributed by atoms with Crippen LogP contribution >= 0.6 is 15.9 Å². The Morgan fingerprint density at radius 3 is 2.27 bits per heavy atom. The number of hydrogen-bond acceptors (Lipinski definition) is 3. The summed E-state index contributed by atoms with van der Waals surface area (Å²) in [5.74, 6) is -0.355. The van der Waals surface area contributed by atoms with Crippen LogP contribution in [0.1, 0.15) is 28.9 Å². The number of rotatable bonds is 5. The largest absolute Gasteiger partial charge is 0.465 e. The minimum Gasteiger partial charge on any atom is -0.465 e. The molecule has 26 heavy (non-hydrogen) atoms. The maximum atomic E-state index is 12.3. The van der Waals surface area contributed by atoms with Crippen molar-refractivity contribution in [3.8, 4) is 11.1 Å². The van der Waals surface area contributed by atoms with Gasteiger partial charge in [-0.2, -0.15) is 0 Å². The van der Waals surface area contributed by atoms with Gasteiger partial charge in [-0.15, -0.1) is 0 Å². The zero-order valence-corrected chi connectivity index (χ0v) is 16.3. The molecule has 0 heterocycles. The summed E-state index contributed by atoms with van der Waals surface area (Å²) in [6, 6.07) is 24.0. The van der Waals surface area contributed by atoms with Crippen LogP contribution in [0.2, 0.25) is 0 Å². The highest BCUT2D eigenvalue weighted by Gasteiger charge is 2.16. The van der Waals surface area contributed by atoms with Crippen molar-refractivity contribution in [1.29, 1.82) is 0 Å². The summed E-state index contributed by atoms with van der Waals surface area (Å²) in [4.78, 5) is 12.3. The zero-order chi connectivity index (χ0) is 18.5. The number of carbonyl (C=O) groups excluding carboxylic acids is 1. The Hall–Kier alpha value is -2.59. The number of nitrogens with one attached hydrogen (secondary N) is 1. The first-order chi connectivity index (χ1) is 12.6. The van der Waals surface area contributed by atoms with Crippen LogP contribution in [-0.2, 0) is 4.74 Å². The minimum absolute atomic E-state index is 0.0677. The van der Waals surface area contributed by atoms with E-state index in [1.807, 2.05) is 60.7 Å². The van der Waals surface area contributed by atoms with E-state index in [9.17, 15) is 4.79 Å². The number of ether oxygens (including phenoxy) is 1. The zero-order valence-electron chi connectivity index (χ0n) is 14.7. The predicted molar refractivity (Wildman–Crippen MR) is 109 cm³/mol. The Morgan fingerprint density at radius 1 is 0.962 bits per heavy atom. The fourth-order valence-corrected chi connectivity index (χ4v) is 3.09. The van der Waals surface area contributed by atoms with Crippen molar-refractivity contribution in [3.63, 3.8) is 0 Å². The van der Waals surface area contributed by atoms with Gasteiger partial charge in [0.25, 0.3) is 0 Å². The molecular weight excluding hydrogens is 390 g/mol. The number of benzene rings is 3. The molecule has 0 aliphatic rings. The maximum Gasteiger partial charge on any atom is 0.339 e. The molecule has 0 aromatic heterocycles. The Kier molecular flexibility index (Phi) is 5.74. The number of anilines is 1. The highest BCUT2D eigenvalue weighted by Crippen LogP contribution is 2.29. The van der Waals surface area contributed by atoms with Gasteiger partial charge in [0, 0.05) is 16.2 Å². The second-order valence-electron chi connectivity index (χ2n) is 6.04. The second kappa shape index (κ2) is 8.19. The van der Waals surface area contributed by atoms with Crippen LogP contribution in [0.25, 0.3) is 11.1 Å². The SMILES string of the molecule is COC(=O)c1cc(-c2ccc(Br)cc2)ccc1NC(C)c1ccccc1. The van der Waals surface area contributed by atoms with E-state index in [-0.39, 0.29) is 12.0 Å². The third-order valence-electron chi connectivity index (χ3n) is 4.27. The number of esters is 1. The number of methoxy groups -OCH3 is 1. The van der Waals surface area contributed by atoms with E-state index in [1.54, 1.807) is 0 Å². The van der Waals surface area contributed by atoms with E-state index in [1.165, 1.54) is 7.11 Å². The van der Waals surface area contributed by atoms with Crippen molar-refractivity contribution in [2.75, 3.05) is 12.4 Å². The van der Waals surface area contributed by atoms with Crippen molar-refractivity contribution in [2.24, 2.45) is 0 Å². The summed E-state index contributed by atoms with van der Waals surface area (Å²) in [7, 11) is 1.40. The number of hydrogen-bond donors (Lipinski definition) is 1. The van der Waals surface area contributed by atoms with Crippen LogP contribution in [0.15, 0.2) is 77.3 Å². The van der Waals surface area contributed by atoms with Crippen molar-refractivity contribution in [2.45, 2.75) is 13.0 Å². The smallest absolute Gasteiger partial charge is 0.339 e. The van der Waals surface area contributed by atoms with Crippen molar-refractivity contribution in [3.05, 3.63) is 88.4 Å². The molecule has 0 saturated carbocycles. The highest BCUT2D eigenvalue weighted by atomic mass is 79.9. The lowest BCUT2D eigenvalue weighted by Crippen LogP contribution is -2.12. The summed E-state index contributed by atoms with van der Waals surface area (Å²) >= 11 is 3.44. The van der Waals surface area contributed by atoms with Gasteiger partial charge in [-0.1, -0.05) is 64.5 Å². The molecule has 0 bridgehead atoms. The van der Waals surface area contributed by atoms with E-state index < -0.39 is 0 Å². The van der Waals surface area contributed by atoms with E-state index in [0.29, 0.717) is 5.56 Å². The molecule has 0 spiro atoms. The van der Waals surface area contributed by atoms with Gasteiger partial charge >= 0.3 is 5.97 Å². The quantitative estimate of drug-likeness (QED) is 0.519. The molecule has 1 N–H and O–H groups in total. The van der Waals surface area contributed by atoms with Crippen LogP contribution < -0.4 is 5.32 Å². The van der Waals surface area contributed by atoms with Crippen molar-refractivity contribution >= 4 is 27.6 Å². The normalized spacial score (nSPS) is 11.7. The van der Waals surface area contributed by atoms with Crippen LogP contribution in [-0.4, -0.2) is 13.1 Å². The van der Waals surface area contributed by atoms with Crippen LogP contribution in [0.3, 0.4) is 0 Å². The lowest BCUT2D eigenvalue weighted by molar-refractivity contribution is 0.0602. The molecule has 3 nitrogen and oxygen atoms in total. The van der Waals surface area contributed by atoms with E-state index in [4.69, 9.17) is 4.74 Å². The predicted octanol–water partition coefficient (Wildman–Crippen LogP) is 6.08. The van der Waals surface area contributed by atoms with Gasteiger partial charge in [0.2, 0.25) is 0 Å². The fourth-order valence-electron chi connectivity index (χ4n) is 2.83.